The number of carbonyl (C=O) groups excluding carboxylic acids is 4. The van der Waals surface area contributed by atoms with Crippen molar-refractivity contribution in [1.29, 1.82) is 0 Å². The Morgan fingerprint density at radius 2 is 1.72 bits per heavy atom. The Kier molecular flexibility index (Phi) is 11.0. The minimum absolute atomic E-state index is 0.0679. The molecule has 0 fully saturated rings. The fourth-order valence-corrected chi connectivity index (χ4v) is 2.10. The standard InChI is InChI=1S/C14H26N6O4S/c1-8(6-21)18-12(23)10(4-3-5-17-14(15)16)20-13(24)11(7-25)19-9(2)22/h6,8,10-11,25H,3-5,7H2,1-2H3,(H,18,23)(H,19,22)(H,20,24)(H4,15,16,17)/t8-,10-,11-/m1/s1. The average molecular weight is 374 g/mol. The Labute approximate surface area is 152 Å². The average Bonchev–Trinajstić information content (AvgIpc) is 2.54. The van der Waals surface area contributed by atoms with Crippen molar-refractivity contribution >= 4 is 42.6 Å². The van der Waals surface area contributed by atoms with Crippen LogP contribution in [0.1, 0.15) is 26.7 Å². The third-order valence-corrected chi connectivity index (χ3v) is 3.39. The van der Waals surface area contributed by atoms with Gasteiger partial charge in [-0.3, -0.25) is 19.4 Å². The zero-order chi connectivity index (χ0) is 19.4. The van der Waals surface area contributed by atoms with E-state index in [1.807, 2.05) is 0 Å². The van der Waals surface area contributed by atoms with Crippen molar-refractivity contribution in [2.75, 3.05) is 12.3 Å². The van der Waals surface area contributed by atoms with Gasteiger partial charge in [0.25, 0.3) is 0 Å². The first kappa shape index (κ1) is 22.7. The molecule has 0 rings (SSSR count). The number of thiol groups is 1. The predicted molar refractivity (Wildman–Crippen MR) is 97.0 cm³/mol. The van der Waals surface area contributed by atoms with E-state index in [-0.39, 0.29) is 24.7 Å². The molecule has 0 unspecified atom stereocenters. The second-order valence-corrected chi connectivity index (χ2v) is 5.74. The van der Waals surface area contributed by atoms with E-state index in [2.05, 4.69) is 33.6 Å². The number of hydrogen-bond acceptors (Lipinski definition) is 6. The van der Waals surface area contributed by atoms with Gasteiger partial charge in [0.2, 0.25) is 17.7 Å². The highest BCUT2D eigenvalue weighted by Gasteiger charge is 2.25. The molecule has 11 heteroatoms. The van der Waals surface area contributed by atoms with Crippen LogP contribution in [-0.2, 0) is 19.2 Å². The van der Waals surface area contributed by atoms with Crippen LogP contribution in [0.4, 0.5) is 0 Å². The first-order chi connectivity index (χ1) is 11.7. The van der Waals surface area contributed by atoms with Gasteiger partial charge in [-0.2, -0.15) is 12.6 Å². The molecular weight excluding hydrogens is 348 g/mol. The number of rotatable bonds is 11. The summed E-state index contributed by atoms with van der Waals surface area (Å²) in [6, 6.07) is -2.47. The van der Waals surface area contributed by atoms with Crippen LogP contribution in [-0.4, -0.2) is 60.4 Å². The van der Waals surface area contributed by atoms with Gasteiger partial charge in [-0.25, -0.2) is 0 Å². The lowest BCUT2D eigenvalue weighted by Crippen LogP contribution is -2.55. The summed E-state index contributed by atoms with van der Waals surface area (Å²) in [6.45, 7) is 3.07. The number of aliphatic imine (C=N–C) groups is 1. The second kappa shape index (κ2) is 12.1. The molecule has 0 aliphatic carbocycles. The van der Waals surface area contributed by atoms with E-state index >= 15 is 0 Å². The normalized spacial score (nSPS) is 13.7. The van der Waals surface area contributed by atoms with Crippen LogP contribution in [0, 0.1) is 0 Å². The van der Waals surface area contributed by atoms with Gasteiger partial charge in [-0.1, -0.05) is 0 Å². The molecule has 7 N–H and O–H groups in total. The van der Waals surface area contributed by atoms with Gasteiger partial charge in [0.15, 0.2) is 5.96 Å². The number of nitrogens with two attached hydrogens (primary N) is 2. The molecule has 3 amide bonds. The molecule has 0 radical (unpaired) electrons. The summed E-state index contributed by atoms with van der Waals surface area (Å²) in [5.74, 6) is -1.46. The van der Waals surface area contributed by atoms with Crippen molar-refractivity contribution in [1.82, 2.24) is 16.0 Å². The number of amides is 3. The van der Waals surface area contributed by atoms with Crippen LogP contribution in [0.2, 0.25) is 0 Å². The van der Waals surface area contributed by atoms with E-state index in [0.29, 0.717) is 12.7 Å². The lowest BCUT2D eigenvalue weighted by atomic mass is 10.1. The molecule has 0 aromatic rings. The van der Waals surface area contributed by atoms with Crippen LogP contribution in [0.5, 0.6) is 0 Å². The number of nitrogens with one attached hydrogen (secondary N) is 3. The molecule has 0 saturated heterocycles. The molecule has 0 aromatic heterocycles. The Balaban J connectivity index is 4.93. The summed E-state index contributed by atoms with van der Waals surface area (Å²) < 4.78 is 0. The summed E-state index contributed by atoms with van der Waals surface area (Å²) in [5, 5.41) is 7.46. The zero-order valence-electron chi connectivity index (χ0n) is 14.3. The zero-order valence-corrected chi connectivity index (χ0v) is 15.2. The largest absolute Gasteiger partial charge is 0.370 e. The molecule has 25 heavy (non-hydrogen) atoms. The van der Waals surface area contributed by atoms with Crippen molar-refractivity contribution in [3.05, 3.63) is 0 Å². The molecular formula is C14H26N6O4S. The smallest absolute Gasteiger partial charge is 0.244 e. The van der Waals surface area contributed by atoms with Crippen molar-refractivity contribution in [2.45, 2.75) is 44.8 Å². The van der Waals surface area contributed by atoms with Crippen LogP contribution >= 0.6 is 12.6 Å². The topological polar surface area (TPSA) is 169 Å². The summed E-state index contributed by atoms with van der Waals surface area (Å²) in [7, 11) is 0. The van der Waals surface area contributed by atoms with Crippen LogP contribution < -0.4 is 27.4 Å². The number of guanidine groups is 1. The minimum atomic E-state index is -0.903. The molecule has 0 aromatic carbocycles. The van der Waals surface area contributed by atoms with Crippen LogP contribution in [0.3, 0.4) is 0 Å². The highest BCUT2D eigenvalue weighted by Crippen LogP contribution is 2.01. The molecule has 0 aliphatic heterocycles. The van der Waals surface area contributed by atoms with Gasteiger partial charge < -0.3 is 32.2 Å². The maximum absolute atomic E-state index is 12.2. The molecule has 0 saturated carbocycles. The Bertz CT molecular complexity index is 510. The third kappa shape index (κ3) is 10.2. The summed E-state index contributed by atoms with van der Waals surface area (Å²) in [5.41, 5.74) is 10.5. The van der Waals surface area contributed by atoms with Gasteiger partial charge in [0, 0.05) is 19.2 Å². The minimum Gasteiger partial charge on any atom is -0.370 e. The van der Waals surface area contributed by atoms with Gasteiger partial charge in [0.05, 0.1) is 6.04 Å². The number of aldehydes is 1. The van der Waals surface area contributed by atoms with Crippen molar-refractivity contribution in [3.63, 3.8) is 0 Å². The van der Waals surface area contributed by atoms with Crippen molar-refractivity contribution in [2.24, 2.45) is 16.5 Å². The Morgan fingerprint density at radius 1 is 1.12 bits per heavy atom. The summed E-state index contributed by atoms with van der Waals surface area (Å²) in [6.07, 6.45) is 1.25. The Hall–Kier alpha value is -2.30. The number of hydrogen-bond donors (Lipinski definition) is 6. The van der Waals surface area contributed by atoms with Crippen LogP contribution in [0.15, 0.2) is 4.99 Å². The molecule has 10 nitrogen and oxygen atoms in total. The molecule has 0 heterocycles. The highest BCUT2D eigenvalue weighted by molar-refractivity contribution is 7.80. The highest BCUT2D eigenvalue weighted by atomic mass is 32.1. The fraction of sp³-hybridized carbons (Fsp3) is 0.643. The van der Waals surface area contributed by atoms with Gasteiger partial charge in [0.1, 0.15) is 18.4 Å². The van der Waals surface area contributed by atoms with E-state index in [4.69, 9.17) is 11.5 Å². The third-order valence-electron chi connectivity index (χ3n) is 3.03. The van der Waals surface area contributed by atoms with E-state index in [1.165, 1.54) is 13.8 Å². The first-order valence-corrected chi connectivity index (χ1v) is 8.33. The van der Waals surface area contributed by atoms with E-state index in [0.717, 1.165) is 0 Å². The van der Waals surface area contributed by atoms with Crippen LogP contribution in [0.25, 0.3) is 0 Å². The maximum Gasteiger partial charge on any atom is 0.244 e. The second-order valence-electron chi connectivity index (χ2n) is 5.38. The lowest BCUT2D eigenvalue weighted by molar-refractivity contribution is -0.132. The predicted octanol–water partition coefficient (Wildman–Crippen LogP) is -2.34. The van der Waals surface area contributed by atoms with E-state index < -0.39 is 35.8 Å². The molecule has 0 spiro atoms. The van der Waals surface area contributed by atoms with Gasteiger partial charge >= 0.3 is 0 Å². The molecule has 0 aliphatic rings. The van der Waals surface area contributed by atoms with Gasteiger partial charge in [-0.05, 0) is 19.8 Å². The summed E-state index contributed by atoms with van der Waals surface area (Å²) in [4.78, 5) is 50.1. The van der Waals surface area contributed by atoms with Gasteiger partial charge in [-0.15, -0.1) is 0 Å². The number of carbonyl (C=O) groups is 4. The molecule has 0 bridgehead atoms. The monoisotopic (exact) mass is 374 g/mol. The van der Waals surface area contributed by atoms with Crippen molar-refractivity contribution < 1.29 is 19.2 Å². The molecule has 142 valence electrons. The quantitative estimate of drug-likeness (QED) is 0.0778. The summed E-state index contributed by atoms with van der Waals surface area (Å²) >= 11 is 4.01. The lowest BCUT2D eigenvalue weighted by Gasteiger charge is -2.22. The fourth-order valence-electron chi connectivity index (χ4n) is 1.84. The Morgan fingerprint density at radius 3 is 2.20 bits per heavy atom. The SMILES string of the molecule is CC(=O)N[C@H](CS)C(=O)N[C@H](CCCN=C(N)N)C(=O)N[C@H](C)C=O. The first-order valence-electron chi connectivity index (χ1n) is 7.70. The van der Waals surface area contributed by atoms with Crippen molar-refractivity contribution in [3.8, 4) is 0 Å². The van der Waals surface area contributed by atoms with E-state index in [9.17, 15) is 19.2 Å². The van der Waals surface area contributed by atoms with E-state index in [1.54, 1.807) is 0 Å². The maximum atomic E-state index is 12.2. The number of nitrogens with zero attached hydrogens (tertiary/aromatic N) is 1. The molecule has 3 atom stereocenters.